The molecule has 1 amide bonds. The van der Waals surface area contributed by atoms with Crippen LogP contribution in [0.1, 0.15) is 42.1 Å². The van der Waals surface area contributed by atoms with Gasteiger partial charge in [0.2, 0.25) is 0 Å². The molecule has 0 radical (unpaired) electrons. The lowest BCUT2D eigenvalue weighted by Gasteiger charge is -2.32. The van der Waals surface area contributed by atoms with E-state index in [1.165, 1.54) is 0 Å². The van der Waals surface area contributed by atoms with Crippen LogP contribution in [0.5, 0.6) is 11.5 Å². The van der Waals surface area contributed by atoms with Gasteiger partial charge in [-0.1, -0.05) is 18.9 Å². The van der Waals surface area contributed by atoms with E-state index < -0.39 is 0 Å². The van der Waals surface area contributed by atoms with E-state index in [0.29, 0.717) is 17.1 Å². The number of hydrogen-bond acceptors (Lipinski definition) is 4. The van der Waals surface area contributed by atoms with E-state index in [9.17, 15) is 4.79 Å². The molecule has 1 N–H and O–H groups in total. The van der Waals surface area contributed by atoms with Crippen molar-refractivity contribution in [3.8, 4) is 11.5 Å². The molecule has 1 aromatic carbocycles. The Morgan fingerprint density at radius 2 is 1.89 bits per heavy atom. The van der Waals surface area contributed by atoms with Crippen LogP contribution in [0.3, 0.4) is 0 Å². The van der Waals surface area contributed by atoms with Gasteiger partial charge in [0.05, 0.1) is 12.1 Å². The highest BCUT2D eigenvalue weighted by molar-refractivity contribution is 5.94. The van der Waals surface area contributed by atoms with Gasteiger partial charge in [-0.2, -0.15) is 5.10 Å². The van der Waals surface area contributed by atoms with Gasteiger partial charge < -0.3 is 10.1 Å². The minimum absolute atomic E-state index is 0.0796. The largest absolute Gasteiger partial charge is 0.457 e. The Bertz CT molecular complexity index is 880. The molecule has 1 fully saturated rings. The van der Waals surface area contributed by atoms with Gasteiger partial charge in [-0.3, -0.25) is 14.5 Å². The van der Waals surface area contributed by atoms with E-state index in [1.54, 1.807) is 42.9 Å². The molecule has 0 bridgehead atoms. The van der Waals surface area contributed by atoms with Gasteiger partial charge in [0.25, 0.3) is 5.91 Å². The molecule has 2 heterocycles. The van der Waals surface area contributed by atoms with Crippen molar-refractivity contribution < 1.29 is 9.53 Å². The minimum atomic E-state index is -0.0840. The minimum Gasteiger partial charge on any atom is -0.457 e. The number of carbonyl (C=O) groups is 1. The molecule has 1 saturated carbocycles. The predicted octanol–water partition coefficient (Wildman–Crippen LogP) is 3.98. The summed E-state index contributed by atoms with van der Waals surface area (Å²) in [7, 11) is 0. The number of amides is 1. The summed E-state index contributed by atoms with van der Waals surface area (Å²) in [5.74, 6) is 1.23. The van der Waals surface area contributed by atoms with E-state index in [4.69, 9.17) is 4.74 Å². The molecule has 0 aliphatic heterocycles. The van der Waals surface area contributed by atoms with Crippen molar-refractivity contribution in [1.29, 1.82) is 0 Å². The van der Waals surface area contributed by atoms with E-state index in [1.807, 2.05) is 29.1 Å². The number of rotatable bonds is 5. The third-order valence-electron chi connectivity index (χ3n) is 4.89. The molecule has 2 aromatic heterocycles. The molecular weight excluding hydrogens is 340 g/mol. The number of hydrogen-bond donors (Lipinski definition) is 1. The Morgan fingerprint density at radius 3 is 2.70 bits per heavy atom. The molecule has 138 valence electrons. The second kappa shape index (κ2) is 8.03. The number of aromatic nitrogens is 3. The van der Waals surface area contributed by atoms with Gasteiger partial charge in [0.1, 0.15) is 11.5 Å². The van der Waals surface area contributed by atoms with E-state index in [0.717, 1.165) is 25.7 Å². The number of nitrogens with zero attached hydrogens (tertiary/aromatic N) is 3. The lowest BCUT2D eigenvalue weighted by Crippen LogP contribution is -2.43. The number of benzene rings is 1. The number of pyridine rings is 1. The van der Waals surface area contributed by atoms with Crippen molar-refractivity contribution in [2.45, 2.75) is 37.8 Å². The van der Waals surface area contributed by atoms with Crippen molar-refractivity contribution in [2.24, 2.45) is 0 Å². The van der Waals surface area contributed by atoms with Gasteiger partial charge in [-0.05, 0) is 49.2 Å². The first-order valence-corrected chi connectivity index (χ1v) is 9.27. The molecular formula is C21H22N4O2. The van der Waals surface area contributed by atoms with Crippen molar-refractivity contribution >= 4 is 5.91 Å². The topological polar surface area (TPSA) is 69.0 Å². The van der Waals surface area contributed by atoms with Gasteiger partial charge >= 0.3 is 0 Å². The van der Waals surface area contributed by atoms with Gasteiger partial charge in [0.15, 0.2) is 0 Å². The van der Waals surface area contributed by atoms with Gasteiger partial charge in [-0.15, -0.1) is 0 Å². The van der Waals surface area contributed by atoms with Crippen molar-refractivity contribution in [3.63, 3.8) is 0 Å². The van der Waals surface area contributed by atoms with Crippen LogP contribution in [0, 0.1) is 0 Å². The summed E-state index contributed by atoms with van der Waals surface area (Å²) in [5.41, 5.74) is 0.589. The smallest absolute Gasteiger partial charge is 0.251 e. The van der Waals surface area contributed by atoms with E-state index >= 15 is 0 Å². The lowest BCUT2D eigenvalue weighted by molar-refractivity contribution is 0.0905. The fraction of sp³-hybridized carbons (Fsp3) is 0.286. The maximum atomic E-state index is 12.8. The van der Waals surface area contributed by atoms with Crippen LogP contribution >= 0.6 is 0 Å². The summed E-state index contributed by atoms with van der Waals surface area (Å²) in [6.45, 7) is 0. The molecule has 27 heavy (non-hydrogen) atoms. The first kappa shape index (κ1) is 17.3. The second-order valence-electron chi connectivity index (χ2n) is 6.73. The van der Waals surface area contributed by atoms with Crippen LogP contribution in [-0.4, -0.2) is 26.7 Å². The molecule has 1 aliphatic rings. The predicted molar refractivity (Wildman–Crippen MR) is 102 cm³/mol. The Hall–Kier alpha value is -3.15. The summed E-state index contributed by atoms with van der Waals surface area (Å²) in [6.07, 6.45) is 11.4. The first-order valence-electron chi connectivity index (χ1n) is 9.27. The Labute approximate surface area is 158 Å². The van der Waals surface area contributed by atoms with Crippen LogP contribution in [0.2, 0.25) is 0 Å². The third kappa shape index (κ3) is 4.16. The number of nitrogens with one attached hydrogen (secondary N) is 1. The van der Waals surface area contributed by atoms with Crippen LogP contribution in [0.25, 0.3) is 0 Å². The molecule has 6 heteroatoms. The Balaban J connectivity index is 1.47. The number of ether oxygens (including phenoxy) is 1. The fourth-order valence-electron chi connectivity index (χ4n) is 3.57. The average Bonchev–Trinajstić information content (AvgIpc) is 3.24. The summed E-state index contributed by atoms with van der Waals surface area (Å²) in [6, 6.07) is 13.0. The molecule has 0 saturated heterocycles. The SMILES string of the molecule is O=C(NC1CCCCC1n1cccn1)c1cccc(Oc2ccncc2)c1. The fourth-order valence-corrected chi connectivity index (χ4v) is 3.57. The quantitative estimate of drug-likeness (QED) is 0.745. The molecule has 0 spiro atoms. The van der Waals surface area contributed by atoms with Crippen LogP contribution in [0.4, 0.5) is 0 Å². The highest BCUT2D eigenvalue weighted by Gasteiger charge is 2.28. The molecule has 1 aliphatic carbocycles. The maximum absolute atomic E-state index is 12.8. The van der Waals surface area contributed by atoms with Crippen molar-refractivity contribution in [1.82, 2.24) is 20.1 Å². The highest BCUT2D eigenvalue weighted by atomic mass is 16.5. The molecule has 2 unspecified atom stereocenters. The zero-order chi connectivity index (χ0) is 18.5. The number of carbonyl (C=O) groups excluding carboxylic acids is 1. The molecule has 3 aromatic rings. The summed E-state index contributed by atoms with van der Waals surface area (Å²) >= 11 is 0. The van der Waals surface area contributed by atoms with Crippen LogP contribution in [0.15, 0.2) is 67.3 Å². The second-order valence-corrected chi connectivity index (χ2v) is 6.73. The third-order valence-corrected chi connectivity index (χ3v) is 4.89. The van der Waals surface area contributed by atoms with Gasteiger partial charge in [0, 0.05) is 30.4 Å². The summed E-state index contributed by atoms with van der Waals surface area (Å²) in [5, 5.41) is 7.57. The van der Waals surface area contributed by atoms with E-state index in [2.05, 4.69) is 15.4 Å². The lowest BCUT2D eigenvalue weighted by atomic mass is 9.90. The summed E-state index contributed by atoms with van der Waals surface area (Å²) in [4.78, 5) is 16.8. The van der Waals surface area contributed by atoms with Crippen molar-refractivity contribution in [2.75, 3.05) is 0 Å². The normalized spacial score (nSPS) is 19.4. The maximum Gasteiger partial charge on any atom is 0.251 e. The van der Waals surface area contributed by atoms with Crippen molar-refractivity contribution in [3.05, 3.63) is 72.8 Å². The Morgan fingerprint density at radius 1 is 1.04 bits per heavy atom. The first-order chi connectivity index (χ1) is 13.3. The van der Waals surface area contributed by atoms with Crippen LogP contribution < -0.4 is 10.1 Å². The molecule has 4 rings (SSSR count). The standard InChI is InChI=1S/C21H22N4O2/c26-21(24-19-7-1-2-8-20(19)25-14-4-11-23-25)16-5-3-6-18(15-16)27-17-9-12-22-13-10-17/h3-6,9-15,19-20H,1-2,7-8H2,(H,24,26). The Kier molecular flexibility index (Phi) is 5.14. The molecule has 6 nitrogen and oxygen atoms in total. The monoisotopic (exact) mass is 362 g/mol. The average molecular weight is 362 g/mol. The highest BCUT2D eigenvalue weighted by Crippen LogP contribution is 2.28. The molecule has 2 atom stereocenters. The van der Waals surface area contributed by atoms with Crippen LogP contribution in [-0.2, 0) is 0 Å². The van der Waals surface area contributed by atoms with E-state index in [-0.39, 0.29) is 18.0 Å². The zero-order valence-electron chi connectivity index (χ0n) is 15.0. The summed E-state index contributed by atoms with van der Waals surface area (Å²) < 4.78 is 7.77. The zero-order valence-corrected chi connectivity index (χ0v) is 15.0. The van der Waals surface area contributed by atoms with Gasteiger partial charge in [-0.25, -0.2) is 0 Å².